The molecule has 0 fully saturated rings. The highest BCUT2D eigenvalue weighted by molar-refractivity contribution is 7.87. The first-order valence-corrected chi connectivity index (χ1v) is 12.7. The van der Waals surface area contributed by atoms with E-state index in [1.165, 1.54) is 24.3 Å². The lowest BCUT2D eigenvalue weighted by molar-refractivity contribution is -0.382. The van der Waals surface area contributed by atoms with Crippen molar-refractivity contribution in [3.63, 3.8) is 0 Å². The number of oxime groups is 1. The molecular weight excluding hydrogens is 667 g/mol. The van der Waals surface area contributed by atoms with Crippen molar-refractivity contribution >= 4 is 48.1 Å². The maximum Gasteiger partial charge on any atom is 0.460 e. The number of hydrogen-bond acceptors (Lipinski definition) is 4. The topological polar surface area (TPSA) is 55.7 Å². The molecule has 0 aromatic heterocycles. The summed E-state index contributed by atoms with van der Waals surface area (Å²) in [5, 5.41) is -4.40. The van der Waals surface area contributed by atoms with Gasteiger partial charge in [0.1, 0.15) is 0 Å². The van der Waals surface area contributed by atoms with Gasteiger partial charge in [0.25, 0.3) is 0 Å². The van der Waals surface area contributed by atoms with Crippen LogP contribution < -0.4 is 0 Å². The Labute approximate surface area is 234 Å². The fraction of sp³-hybridized carbons (Fsp3) is 0.292. The normalized spacial score (nSPS) is 15.2. The molecule has 0 aliphatic heterocycles. The van der Waals surface area contributed by atoms with Gasteiger partial charge >= 0.3 is 51.7 Å². The Kier molecular flexibility index (Phi) is 7.47. The lowest BCUT2D eigenvalue weighted by atomic mass is 9.90. The average molecular weight is 677 g/mol. The SMILES string of the molecule is O=S(=O)(ON=C(c1cc2ccc3cccc4ccc(c1)c2c34)C(F)(F)C(F)(F)C(F)F)C(F)(F)C(F)(F)C(F)(F)C(F)(F)F. The summed E-state index contributed by atoms with van der Waals surface area (Å²) >= 11 is 0. The second-order valence-electron chi connectivity index (χ2n) is 9.14. The summed E-state index contributed by atoms with van der Waals surface area (Å²) in [5.41, 5.74) is -4.37. The van der Waals surface area contributed by atoms with Gasteiger partial charge in [-0.15, -0.1) is 0 Å². The minimum absolute atomic E-state index is 0.157. The molecule has 0 radical (unpaired) electrons. The third-order valence-corrected chi connectivity index (χ3v) is 7.54. The second kappa shape index (κ2) is 9.90. The second-order valence-corrected chi connectivity index (χ2v) is 10.7. The van der Waals surface area contributed by atoms with Gasteiger partial charge in [-0.1, -0.05) is 47.6 Å². The van der Waals surface area contributed by atoms with Crippen molar-refractivity contribution in [2.24, 2.45) is 5.16 Å². The van der Waals surface area contributed by atoms with Crippen LogP contribution in [0.4, 0.5) is 65.9 Å². The molecule has 4 rings (SSSR count). The van der Waals surface area contributed by atoms with E-state index < -0.39 is 62.9 Å². The number of nitrogens with zero attached hydrogens (tertiary/aromatic N) is 1. The summed E-state index contributed by atoms with van der Waals surface area (Å²) < 4.78 is 229. The number of benzene rings is 4. The van der Waals surface area contributed by atoms with Crippen molar-refractivity contribution in [3.8, 4) is 0 Å². The quantitative estimate of drug-likeness (QED) is 0.0772. The van der Waals surface area contributed by atoms with Crippen molar-refractivity contribution < 1.29 is 78.6 Å². The van der Waals surface area contributed by atoms with Crippen molar-refractivity contribution in [2.75, 3.05) is 0 Å². The maximum atomic E-state index is 14.9. The summed E-state index contributed by atoms with van der Waals surface area (Å²) in [6, 6.07) is 10.8. The molecule has 0 amide bonds. The molecule has 44 heavy (non-hydrogen) atoms. The zero-order chi connectivity index (χ0) is 33.5. The zero-order valence-electron chi connectivity index (χ0n) is 20.5. The van der Waals surface area contributed by atoms with Crippen LogP contribution in [0.2, 0.25) is 0 Å². The predicted molar refractivity (Wildman–Crippen MR) is 123 cm³/mol. The standard InChI is InChI=1S/C24H10F15NO3S/c25-18(26)20(29,30)19(27,28)17(40-43-44(41,42)24(38,39)22(33,34)21(31,32)23(35,36)37)14-8-12-6-4-10-2-1-3-11-5-7-13(9-14)16(12)15(10)11/h1-9,18H. The molecule has 0 aliphatic carbocycles. The van der Waals surface area contributed by atoms with Gasteiger partial charge in [-0.05, 0) is 44.5 Å². The highest BCUT2D eigenvalue weighted by Gasteiger charge is 2.86. The Bertz CT molecular complexity index is 1800. The minimum Gasteiger partial charge on any atom is -0.263 e. The van der Waals surface area contributed by atoms with Crippen LogP contribution in [0.15, 0.2) is 59.8 Å². The Hall–Kier alpha value is -3.71. The summed E-state index contributed by atoms with van der Waals surface area (Å²) in [6.45, 7) is 0. The molecule has 4 aromatic carbocycles. The molecule has 0 aliphatic rings. The van der Waals surface area contributed by atoms with Crippen LogP contribution in [0.3, 0.4) is 0 Å². The first kappa shape index (κ1) is 33.2. The summed E-state index contributed by atoms with van der Waals surface area (Å²) in [6.07, 6.45) is -12.8. The molecule has 0 spiro atoms. The van der Waals surface area contributed by atoms with Crippen LogP contribution in [0.5, 0.6) is 0 Å². The third-order valence-electron chi connectivity index (χ3n) is 6.38. The number of halogens is 15. The Balaban J connectivity index is 1.95. The monoisotopic (exact) mass is 677 g/mol. The molecule has 0 saturated heterocycles. The van der Waals surface area contributed by atoms with Gasteiger partial charge < -0.3 is 0 Å². The van der Waals surface area contributed by atoms with Crippen molar-refractivity contribution in [2.45, 2.75) is 41.5 Å². The van der Waals surface area contributed by atoms with Gasteiger partial charge in [0.15, 0.2) is 5.71 Å². The lowest BCUT2D eigenvalue weighted by Gasteiger charge is -2.32. The molecular formula is C24H10F15NO3S. The first-order valence-electron chi connectivity index (χ1n) is 11.3. The van der Waals surface area contributed by atoms with Gasteiger partial charge in [-0.3, -0.25) is 4.28 Å². The smallest absolute Gasteiger partial charge is 0.263 e. The molecule has 0 heterocycles. The van der Waals surface area contributed by atoms with Gasteiger partial charge in [-0.25, -0.2) is 8.78 Å². The van der Waals surface area contributed by atoms with E-state index in [4.69, 9.17) is 0 Å². The van der Waals surface area contributed by atoms with Crippen molar-refractivity contribution in [1.29, 1.82) is 0 Å². The summed E-state index contributed by atoms with van der Waals surface area (Å²) in [5.74, 6) is -28.6. The molecule has 4 aromatic rings. The molecule has 0 N–H and O–H groups in total. The zero-order valence-corrected chi connectivity index (χ0v) is 21.3. The number of alkyl halides is 15. The van der Waals surface area contributed by atoms with Crippen LogP contribution >= 0.6 is 0 Å². The lowest BCUT2D eigenvalue weighted by Crippen LogP contribution is -2.63. The van der Waals surface area contributed by atoms with Gasteiger partial charge in [-0.2, -0.15) is 65.5 Å². The Morgan fingerprint density at radius 1 is 0.659 bits per heavy atom. The number of hydrogen-bond donors (Lipinski definition) is 0. The molecule has 4 nitrogen and oxygen atoms in total. The van der Waals surface area contributed by atoms with Crippen LogP contribution in [0, 0.1) is 0 Å². The first-order chi connectivity index (χ1) is 19.8. The number of rotatable bonds is 9. The van der Waals surface area contributed by atoms with E-state index in [0.29, 0.717) is 28.3 Å². The van der Waals surface area contributed by atoms with E-state index in [2.05, 4.69) is 4.28 Å². The average Bonchev–Trinajstić information content (AvgIpc) is 2.90. The highest BCUT2D eigenvalue weighted by Crippen LogP contribution is 2.55. The molecule has 0 atom stereocenters. The summed E-state index contributed by atoms with van der Waals surface area (Å²) in [7, 11) is -8.00. The van der Waals surface area contributed by atoms with Crippen molar-refractivity contribution in [3.05, 3.63) is 60.2 Å². The third kappa shape index (κ3) is 4.63. The predicted octanol–water partition coefficient (Wildman–Crippen LogP) is 8.60. The maximum absolute atomic E-state index is 14.9. The van der Waals surface area contributed by atoms with Gasteiger partial charge in [0, 0.05) is 5.56 Å². The fourth-order valence-electron chi connectivity index (χ4n) is 4.13. The molecule has 0 unspecified atom stereocenters. The molecule has 240 valence electrons. The van der Waals surface area contributed by atoms with Gasteiger partial charge in [0.2, 0.25) is 0 Å². The van der Waals surface area contributed by atoms with E-state index in [1.807, 2.05) is 0 Å². The molecule has 0 saturated carbocycles. The Morgan fingerprint density at radius 2 is 1.09 bits per heavy atom. The minimum atomic E-state index is -8.00. The van der Waals surface area contributed by atoms with E-state index in [9.17, 15) is 74.3 Å². The molecule has 20 heteroatoms. The highest BCUT2D eigenvalue weighted by atomic mass is 32.2. The van der Waals surface area contributed by atoms with Gasteiger partial charge in [0.05, 0.1) is 0 Å². The largest absolute Gasteiger partial charge is 0.460 e. The van der Waals surface area contributed by atoms with Crippen LogP contribution in [0.1, 0.15) is 5.56 Å². The Morgan fingerprint density at radius 3 is 1.52 bits per heavy atom. The van der Waals surface area contributed by atoms with E-state index in [1.54, 1.807) is 23.4 Å². The summed E-state index contributed by atoms with van der Waals surface area (Å²) in [4.78, 5) is 0. The van der Waals surface area contributed by atoms with Crippen LogP contribution in [-0.4, -0.2) is 55.7 Å². The van der Waals surface area contributed by atoms with Crippen LogP contribution in [-0.2, 0) is 14.4 Å². The van der Waals surface area contributed by atoms with Crippen LogP contribution in [0.25, 0.3) is 32.3 Å². The van der Waals surface area contributed by atoms with E-state index >= 15 is 0 Å². The van der Waals surface area contributed by atoms with E-state index in [-0.39, 0.29) is 16.2 Å². The van der Waals surface area contributed by atoms with Crippen molar-refractivity contribution in [1.82, 2.24) is 0 Å². The molecule has 0 bridgehead atoms. The van der Waals surface area contributed by atoms with E-state index in [0.717, 1.165) is 0 Å². The fourth-order valence-corrected chi connectivity index (χ4v) is 4.84.